The van der Waals surface area contributed by atoms with Gasteiger partial charge in [0.25, 0.3) is 5.89 Å². The Labute approximate surface area is 115 Å². The molecule has 1 N–H and O–H groups in total. The first-order valence-electron chi connectivity index (χ1n) is 6.10. The Hall–Kier alpha value is -1.81. The second kappa shape index (κ2) is 4.63. The molecule has 1 unspecified atom stereocenters. The molecule has 9 nitrogen and oxygen atoms in total. The molecule has 0 spiro atoms. The van der Waals surface area contributed by atoms with Gasteiger partial charge in [-0.05, 0) is 6.92 Å². The van der Waals surface area contributed by atoms with Gasteiger partial charge >= 0.3 is 0 Å². The van der Waals surface area contributed by atoms with Gasteiger partial charge in [-0.15, -0.1) is 5.10 Å². The standard InChI is InChI=1S/C10H14N6O3S/c1-6(20(2,17)18)9-12-10(19-14-9)8-5-16(15-13-8)7-3-11-4-7/h5-7,11H,3-4H2,1-2H3. The van der Waals surface area contributed by atoms with Crippen LogP contribution in [0.2, 0.25) is 0 Å². The summed E-state index contributed by atoms with van der Waals surface area (Å²) in [6, 6.07) is 0.286. The lowest BCUT2D eigenvalue weighted by molar-refractivity contribution is 0.313. The number of aromatic nitrogens is 5. The third-order valence-electron chi connectivity index (χ3n) is 3.31. The zero-order valence-electron chi connectivity index (χ0n) is 11.0. The van der Waals surface area contributed by atoms with Crippen LogP contribution in [0.15, 0.2) is 10.7 Å². The number of nitrogens with zero attached hydrogens (tertiary/aromatic N) is 5. The molecule has 0 amide bonds. The summed E-state index contributed by atoms with van der Waals surface area (Å²) in [5, 5.41) is 14.0. The van der Waals surface area contributed by atoms with Crippen molar-refractivity contribution in [2.75, 3.05) is 19.3 Å². The second-order valence-electron chi connectivity index (χ2n) is 4.83. The van der Waals surface area contributed by atoms with Crippen molar-refractivity contribution < 1.29 is 12.9 Å². The van der Waals surface area contributed by atoms with E-state index in [0.717, 1.165) is 19.3 Å². The molecule has 2 aromatic rings. The molecule has 2 aromatic heterocycles. The van der Waals surface area contributed by atoms with Gasteiger partial charge in [0, 0.05) is 19.3 Å². The molecule has 20 heavy (non-hydrogen) atoms. The Bertz CT molecular complexity index is 717. The molecule has 3 heterocycles. The van der Waals surface area contributed by atoms with Gasteiger partial charge in [-0.1, -0.05) is 10.4 Å². The summed E-state index contributed by atoms with van der Waals surface area (Å²) in [7, 11) is -3.26. The Balaban J connectivity index is 1.84. The quantitative estimate of drug-likeness (QED) is 0.809. The Morgan fingerprint density at radius 2 is 2.25 bits per heavy atom. The maximum absolute atomic E-state index is 11.5. The van der Waals surface area contributed by atoms with Crippen LogP contribution in [-0.4, -0.2) is 52.9 Å². The van der Waals surface area contributed by atoms with Crippen molar-refractivity contribution in [3.8, 4) is 11.6 Å². The lowest BCUT2D eigenvalue weighted by atomic mass is 10.2. The molecule has 10 heteroatoms. The van der Waals surface area contributed by atoms with Crippen LogP contribution in [0.5, 0.6) is 0 Å². The fourth-order valence-corrected chi connectivity index (χ4v) is 2.19. The number of hydrogen-bond donors (Lipinski definition) is 1. The molecule has 0 saturated carbocycles. The first kappa shape index (κ1) is 13.2. The van der Waals surface area contributed by atoms with E-state index in [2.05, 4.69) is 25.8 Å². The van der Waals surface area contributed by atoms with Gasteiger partial charge < -0.3 is 9.84 Å². The third-order valence-corrected chi connectivity index (χ3v) is 4.81. The van der Waals surface area contributed by atoms with Crippen LogP contribution < -0.4 is 5.32 Å². The van der Waals surface area contributed by atoms with Gasteiger partial charge in [-0.3, -0.25) is 0 Å². The molecule has 0 bridgehead atoms. The third kappa shape index (κ3) is 2.31. The van der Waals surface area contributed by atoms with E-state index in [1.807, 2.05) is 0 Å². The van der Waals surface area contributed by atoms with Gasteiger partial charge in [-0.25, -0.2) is 13.1 Å². The van der Waals surface area contributed by atoms with Crippen molar-refractivity contribution in [3.63, 3.8) is 0 Å². The normalized spacial score (nSPS) is 17.9. The van der Waals surface area contributed by atoms with Crippen LogP contribution in [0, 0.1) is 0 Å². The zero-order valence-corrected chi connectivity index (χ0v) is 11.8. The summed E-state index contributed by atoms with van der Waals surface area (Å²) >= 11 is 0. The first-order chi connectivity index (χ1) is 9.45. The van der Waals surface area contributed by atoms with Crippen molar-refractivity contribution in [2.24, 2.45) is 0 Å². The SMILES string of the molecule is CC(c1noc(-c2cn(C3CNC3)nn2)n1)S(C)(=O)=O. The van der Waals surface area contributed by atoms with Crippen molar-refractivity contribution in [1.82, 2.24) is 30.5 Å². The van der Waals surface area contributed by atoms with Gasteiger partial charge in [0.05, 0.1) is 12.2 Å². The molecule has 1 aliphatic heterocycles. The monoisotopic (exact) mass is 298 g/mol. The van der Waals surface area contributed by atoms with Crippen LogP contribution in [-0.2, 0) is 9.84 Å². The van der Waals surface area contributed by atoms with E-state index in [1.54, 1.807) is 10.9 Å². The molecule has 0 aromatic carbocycles. The van der Waals surface area contributed by atoms with Crippen LogP contribution >= 0.6 is 0 Å². The highest BCUT2D eigenvalue weighted by atomic mass is 32.2. The Kier molecular flexibility index (Phi) is 3.05. The highest BCUT2D eigenvalue weighted by molar-refractivity contribution is 7.90. The molecular formula is C10H14N6O3S. The van der Waals surface area contributed by atoms with Crippen LogP contribution in [0.1, 0.15) is 24.0 Å². The van der Waals surface area contributed by atoms with Crippen molar-refractivity contribution in [3.05, 3.63) is 12.0 Å². The molecular weight excluding hydrogens is 284 g/mol. The van der Waals surface area contributed by atoms with Gasteiger partial charge in [0.1, 0.15) is 5.25 Å². The van der Waals surface area contributed by atoms with E-state index in [-0.39, 0.29) is 17.8 Å². The van der Waals surface area contributed by atoms with Gasteiger partial charge in [0.15, 0.2) is 21.4 Å². The fraction of sp³-hybridized carbons (Fsp3) is 0.600. The summed E-state index contributed by atoms with van der Waals surface area (Å²) in [6.07, 6.45) is 2.85. The van der Waals surface area contributed by atoms with Crippen LogP contribution in [0.4, 0.5) is 0 Å². The average molecular weight is 298 g/mol. The summed E-state index contributed by atoms with van der Waals surface area (Å²) in [6.45, 7) is 3.22. The molecule has 1 aliphatic rings. The first-order valence-corrected chi connectivity index (χ1v) is 8.06. The minimum atomic E-state index is -3.26. The number of rotatable bonds is 4. The Morgan fingerprint density at radius 1 is 1.50 bits per heavy atom. The van der Waals surface area contributed by atoms with Crippen LogP contribution in [0.25, 0.3) is 11.6 Å². The molecule has 1 fully saturated rings. The van der Waals surface area contributed by atoms with Gasteiger partial charge in [0.2, 0.25) is 0 Å². The summed E-state index contributed by atoms with van der Waals surface area (Å²) in [4.78, 5) is 4.07. The van der Waals surface area contributed by atoms with Crippen LogP contribution in [0.3, 0.4) is 0 Å². The number of hydrogen-bond acceptors (Lipinski definition) is 8. The largest absolute Gasteiger partial charge is 0.332 e. The minimum absolute atomic E-state index is 0.127. The molecule has 1 saturated heterocycles. The van der Waals surface area contributed by atoms with E-state index in [0.29, 0.717) is 5.69 Å². The predicted molar refractivity (Wildman–Crippen MR) is 68.5 cm³/mol. The predicted octanol–water partition coefficient (Wildman–Crippen LogP) is -0.422. The van der Waals surface area contributed by atoms with E-state index in [4.69, 9.17) is 4.52 Å². The van der Waals surface area contributed by atoms with Crippen molar-refractivity contribution >= 4 is 9.84 Å². The maximum atomic E-state index is 11.5. The van der Waals surface area contributed by atoms with E-state index < -0.39 is 15.1 Å². The fourth-order valence-electron chi connectivity index (χ4n) is 1.71. The second-order valence-corrected chi connectivity index (χ2v) is 7.19. The van der Waals surface area contributed by atoms with E-state index >= 15 is 0 Å². The molecule has 108 valence electrons. The molecule has 0 radical (unpaired) electrons. The molecule has 0 aliphatic carbocycles. The number of nitrogens with one attached hydrogen (secondary N) is 1. The summed E-state index contributed by atoms with van der Waals surface area (Å²) in [5.74, 6) is 0.302. The summed E-state index contributed by atoms with van der Waals surface area (Å²) in [5.41, 5.74) is 0.441. The average Bonchev–Trinajstić information content (AvgIpc) is 2.91. The Morgan fingerprint density at radius 3 is 2.85 bits per heavy atom. The van der Waals surface area contributed by atoms with Crippen molar-refractivity contribution in [2.45, 2.75) is 18.2 Å². The smallest absolute Gasteiger partial charge is 0.280 e. The van der Waals surface area contributed by atoms with Crippen molar-refractivity contribution in [1.29, 1.82) is 0 Å². The van der Waals surface area contributed by atoms with E-state index in [9.17, 15) is 8.42 Å². The summed E-state index contributed by atoms with van der Waals surface area (Å²) < 4.78 is 29.7. The lowest BCUT2D eigenvalue weighted by Gasteiger charge is -2.26. The molecule has 1 atom stereocenters. The topological polar surface area (TPSA) is 116 Å². The lowest BCUT2D eigenvalue weighted by Crippen LogP contribution is -2.43. The zero-order chi connectivity index (χ0) is 14.3. The highest BCUT2D eigenvalue weighted by Crippen LogP contribution is 2.22. The van der Waals surface area contributed by atoms with Gasteiger partial charge in [-0.2, -0.15) is 4.98 Å². The van der Waals surface area contributed by atoms with E-state index in [1.165, 1.54) is 6.92 Å². The maximum Gasteiger partial charge on any atom is 0.280 e. The minimum Gasteiger partial charge on any atom is -0.332 e. The number of sulfone groups is 1. The highest BCUT2D eigenvalue weighted by Gasteiger charge is 2.25. The molecule has 3 rings (SSSR count).